The first-order chi connectivity index (χ1) is 12.2. The zero-order valence-electron chi connectivity index (χ0n) is 13.4. The van der Waals surface area contributed by atoms with E-state index in [1.165, 1.54) is 12.1 Å². The van der Waals surface area contributed by atoms with Gasteiger partial charge in [0.2, 0.25) is 0 Å². The van der Waals surface area contributed by atoms with E-state index < -0.39 is 0 Å². The fourth-order valence-corrected chi connectivity index (χ4v) is 2.92. The number of para-hydroxylation sites is 1. The maximum absolute atomic E-state index is 13.0. The van der Waals surface area contributed by atoms with Crippen LogP contribution in [0.2, 0.25) is 0 Å². The number of anilines is 1. The predicted octanol–water partition coefficient (Wildman–Crippen LogP) is 3.65. The number of nitrogens with one attached hydrogen (secondary N) is 1. The zero-order chi connectivity index (χ0) is 17.2. The summed E-state index contributed by atoms with van der Waals surface area (Å²) in [5.41, 5.74) is 4.43. The number of pyridine rings is 1. The SMILES string of the molecule is O=C1Nc2ccccc2/C1=C\c1cc[n+](Cc2ccc(F)cc2)cc1. The molecule has 1 amide bonds. The van der Waals surface area contributed by atoms with Gasteiger partial charge in [0.15, 0.2) is 18.9 Å². The van der Waals surface area contributed by atoms with E-state index >= 15 is 0 Å². The molecule has 1 aliphatic heterocycles. The molecule has 3 nitrogen and oxygen atoms in total. The van der Waals surface area contributed by atoms with Gasteiger partial charge in [0.25, 0.3) is 5.91 Å². The number of rotatable bonds is 3. The van der Waals surface area contributed by atoms with Crippen LogP contribution in [0.5, 0.6) is 0 Å². The van der Waals surface area contributed by atoms with E-state index in [1.54, 1.807) is 12.1 Å². The van der Waals surface area contributed by atoms with Gasteiger partial charge in [0, 0.05) is 34.5 Å². The first-order valence-electron chi connectivity index (χ1n) is 8.05. The molecule has 25 heavy (non-hydrogen) atoms. The summed E-state index contributed by atoms with van der Waals surface area (Å²) in [6.45, 7) is 0.667. The summed E-state index contributed by atoms with van der Waals surface area (Å²) in [4.78, 5) is 12.2. The number of fused-ring (bicyclic) bond motifs is 1. The van der Waals surface area contributed by atoms with Crippen LogP contribution in [0, 0.1) is 5.82 Å². The maximum atomic E-state index is 13.0. The smallest absolute Gasteiger partial charge is 0.256 e. The van der Waals surface area contributed by atoms with Gasteiger partial charge in [0.1, 0.15) is 5.82 Å². The Bertz CT molecular complexity index is 960. The predicted molar refractivity (Wildman–Crippen MR) is 95.1 cm³/mol. The average Bonchev–Trinajstić information content (AvgIpc) is 2.94. The number of hydrogen-bond donors (Lipinski definition) is 1. The van der Waals surface area contributed by atoms with E-state index in [4.69, 9.17) is 0 Å². The Morgan fingerprint density at radius 2 is 1.68 bits per heavy atom. The molecule has 2 heterocycles. The van der Waals surface area contributed by atoms with Crippen LogP contribution in [0.3, 0.4) is 0 Å². The Morgan fingerprint density at radius 1 is 0.960 bits per heavy atom. The summed E-state index contributed by atoms with van der Waals surface area (Å²) in [6, 6.07) is 18.1. The third-order valence-electron chi connectivity index (χ3n) is 4.22. The topological polar surface area (TPSA) is 33.0 Å². The Labute approximate surface area is 145 Å². The molecule has 4 rings (SSSR count). The number of carbonyl (C=O) groups is 1. The van der Waals surface area contributed by atoms with Gasteiger partial charge in [-0.25, -0.2) is 8.96 Å². The van der Waals surface area contributed by atoms with E-state index in [2.05, 4.69) is 5.32 Å². The molecule has 0 saturated heterocycles. The molecule has 0 atom stereocenters. The average molecular weight is 331 g/mol. The number of nitrogens with zero attached hydrogens (tertiary/aromatic N) is 1. The number of benzene rings is 2. The monoisotopic (exact) mass is 331 g/mol. The summed E-state index contributed by atoms with van der Waals surface area (Å²) in [6.07, 6.45) is 5.80. The first-order valence-corrected chi connectivity index (χ1v) is 8.05. The molecule has 1 N–H and O–H groups in total. The van der Waals surface area contributed by atoms with Crippen LogP contribution in [0.1, 0.15) is 16.7 Å². The molecule has 2 aromatic carbocycles. The van der Waals surface area contributed by atoms with E-state index in [0.717, 1.165) is 22.4 Å². The van der Waals surface area contributed by atoms with Crippen LogP contribution in [0.25, 0.3) is 11.6 Å². The van der Waals surface area contributed by atoms with E-state index in [0.29, 0.717) is 12.1 Å². The van der Waals surface area contributed by atoms with Crippen molar-refractivity contribution in [3.63, 3.8) is 0 Å². The summed E-state index contributed by atoms with van der Waals surface area (Å²) in [5, 5.41) is 2.87. The van der Waals surface area contributed by atoms with E-state index in [9.17, 15) is 9.18 Å². The van der Waals surface area contributed by atoms with E-state index in [-0.39, 0.29) is 11.7 Å². The third kappa shape index (κ3) is 3.19. The van der Waals surface area contributed by atoms with Crippen molar-refractivity contribution >= 4 is 23.2 Å². The minimum Gasteiger partial charge on any atom is -0.321 e. The van der Waals surface area contributed by atoms with Crippen LogP contribution >= 0.6 is 0 Å². The Morgan fingerprint density at radius 3 is 2.44 bits per heavy atom. The van der Waals surface area contributed by atoms with Gasteiger partial charge in [-0.1, -0.05) is 18.2 Å². The summed E-state index contributed by atoms with van der Waals surface area (Å²) >= 11 is 0. The normalized spacial score (nSPS) is 14.4. The van der Waals surface area contributed by atoms with Crippen molar-refractivity contribution in [2.24, 2.45) is 0 Å². The molecule has 4 heteroatoms. The number of halogens is 1. The molecular formula is C21H16FN2O+. The number of aromatic nitrogens is 1. The number of amides is 1. The molecule has 1 aliphatic rings. The highest BCUT2D eigenvalue weighted by Gasteiger charge is 2.23. The number of carbonyl (C=O) groups excluding carboxylic acids is 1. The number of hydrogen-bond acceptors (Lipinski definition) is 1. The summed E-state index contributed by atoms with van der Waals surface area (Å²) < 4.78 is 15.0. The van der Waals surface area contributed by atoms with Crippen molar-refractivity contribution in [3.05, 3.63) is 95.6 Å². The second kappa shape index (κ2) is 6.32. The van der Waals surface area contributed by atoms with Gasteiger partial charge in [-0.2, -0.15) is 0 Å². The second-order valence-corrected chi connectivity index (χ2v) is 5.99. The van der Waals surface area contributed by atoms with Crippen molar-refractivity contribution in [1.82, 2.24) is 0 Å². The maximum Gasteiger partial charge on any atom is 0.256 e. The molecule has 0 saturated carbocycles. The minimum absolute atomic E-state index is 0.0794. The van der Waals surface area contributed by atoms with Crippen LogP contribution in [0.15, 0.2) is 73.1 Å². The fourth-order valence-electron chi connectivity index (χ4n) is 2.92. The molecule has 1 aromatic heterocycles. The Hall–Kier alpha value is -3.27. The van der Waals surface area contributed by atoms with Crippen LogP contribution in [-0.2, 0) is 11.3 Å². The minimum atomic E-state index is -0.231. The van der Waals surface area contributed by atoms with Crippen molar-refractivity contribution in [2.75, 3.05) is 5.32 Å². The molecule has 0 bridgehead atoms. The second-order valence-electron chi connectivity index (χ2n) is 5.99. The lowest BCUT2D eigenvalue weighted by Gasteiger charge is -2.00. The molecule has 122 valence electrons. The van der Waals surface area contributed by atoms with Crippen LogP contribution < -0.4 is 9.88 Å². The zero-order valence-corrected chi connectivity index (χ0v) is 13.4. The van der Waals surface area contributed by atoms with Crippen LogP contribution in [0.4, 0.5) is 10.1 Å². The van der Waals surface area contributed by atoms with E-state index in [1.807, 2.05) is 59.4 Å². The van der Waals surface area contributed by atoms with Gasteiger partial charge in [-0.3, -0.25) is 4.79 Å². The molecular weight excluding hydrogens is 315 g/mol. The fraction of sp³-hybridized carbons (Fsp3) is 0.0476. The Kier molecular flexibility index (Phi) is 3.86. The lowest BCUT2D eigenvalue weighted by Crippen LogP contribution is -2.33. The van der Waals surface area contributed by atoms with Gasteiger partial charge in [0.05, 0.1) is 0 Å². The third-order valence-corrected chi connectivity index (χ3v) is 4.22. The standard InChI is InChI=1S/C21H15FN2O/c22-17-7-5-16(6-8-17)14-24-11-9-15(10-12-24)13-19-18-3-1-2-4-20(18)23-21(19)25/h1-13H,14H2/p+1. The van der Waals surface area contributed by atoms with Gasteiger partial charge >= 0.3 is 0 Å². The lowest BCUT2D eigenvalue weighted by molar-refractivity contribution is -0.688. The molecule has 0 aliphatic carbocycles. The van der Waals surface area contributed by atoms with Crippen LogP contribution in [-0.4, -0.2) is 5.91 Å². The summed E-state index contributed by atoms with van der Waals surface area (Å²) in [7, 11) is 0. The quantitative estimate of drug-likeness (QED) is 0.577. The van der Waals surface area contributed by atoms with Gasteiger partial charge < -0.3 is 5.32 Å². The molecule has 0 radical (unpaired) electrons. The lowest BCUT2D eigenvalue weighted by atomic mass is 10.0. The van der Waals surface area contributed by atoms with Gasteiger partial charge in [-0.15, -0.1) is 0 Å². The molecule has 0 unspecified atom stereocenters. The highest BCUT2D eigenvalue weighted by atomic mass is 19.1. The molecule has 0 spiro atoms. The van der Waals surface area contributed by atoms with Crippen molar-refractivity contribution in [3.8, 4) is 0 Å². The van der Waals surface area contributed by atoms with Crippen molar-refractivity contribution in [2.45, 2.75) is 6.54 Å². The van der Waals surface area contributed by atoms with Gasteiger partial charge in [-0.05, 0) is 42.0 Å². The summed E-state index contributed by atoms with van der Waals surface area (Å²) in [5.74, 6) is -0.310. The first kappa shape index (κ1) is 15.3. The highest BCUT2D eigenvalue weighted by Crippen LogP contribution is 2.32. The molecule has 3 aromatic rings. The van der Waals surface area contributed by atoms with Crippen molar-refractivity contribution < 1.29 is 13.8 Å². The largest absolute Gasteiger partial charge is 0.321 e. The highest BCUT2D eigenvalue weighted by molar-refractivity contribution is 6.34. The Balaban J connectivity index is 1.56. The molecule has 0 fully saturated rings. The van der Waals surface area contributed by atoms with Crippen molar-refractivity contribution in [1.29, 1.82) is 0 Å².